The molecule has 132 valence electrons. The largest absolute Gasteiger partial charge is 0.410 e. The summed E-state index contributed by atoms with van der Waals surface area (Å²) in [6, 6.07) is 0. The van der Waals surface area contributed by atoms with E-state index in [4.69, 9.17) is 14.9 Å². The van der Waals surface area contributed by atoms with Crippen molar-refractivity contribution in [1.82, 2.24) is 19.5 Å². The van der Waals surface area contributed by atoms with Crippen molar-refractivity contribution in [3.8, 4) is 0 Å². The van der Waals surface area contributed by atoms with Crippen LogP contribution < -0.4 is 11.3 Å². The van der Waals surface area contributed by atoms with Crippen LogP contribution in [-0.2, 0) is 9.16 Å². The monoisotopic (exact) mass is 351 g/mol. The highest BCUT2D eigenvalue weighted by Crippen LogP contribution is 2.39. The van der Waals surface area contributed by atoms with E-state index in [2.05, 4.69) is 48.4 Å². The Hall–Kier alpha value is -1.71. The van der Waals surface area contributed by atoms with Gasteiger partial charge >= 0.3 is 0 Å². The average molecular weight is 351 g/mol. The van der Waals surface area contributed by atoms with Gasteiger partial charge in [-0.1, -0.05) is 13.8 Å². The maximum atomic E-state index is 12.0. The molecule has 0 aromatic carbocycles. The molecule has 1 saturated heterocycles. The molecule has 1 fully saturated rings. The van der Waals surface area contributed by atoms with Crippen molar-refractivity contribution in [2.75, 3.05) is 5.73 Å². The number of nitrogens with one attached hydrogen (secondary N) is 1. The lowest BCUT2D eigenvalue weighted by molar-refractivity contribution is -0.0310. The number of nitrogens with zero attached hydrogens (tertiary/aromatic N) is 3. The first-order valence-corrected chi connectivity index (χ1v) is 11.7. The van der Waals surface area contributed by atoms with Crippen molar-refractivity contribution in [1.29, 1.82) is 0 Å². The van der Waals surface area contributed by atoms with Crippen molar-refractivity contribution in [3.05, 3.63) is 16.7 Å². The molecule has 8 nitrogen and oxygen atoms in total. The van der Waals surface area contributed by atoms with Crippen LogP contribution in [0.25, 0.3) is 11.2 Å². The van der Waals surface area contributed by atoms with Crippen LogP contribution in [0.2, 0.25) is 19.6 Å². The molecule has 24 heavy (non-hydrogen) atoms. The number of fused-ring (bicyclic) bond motifs is 1. The molecule has 0 bridgehead atoms. The number of aromatic amines is 1. The summed E-state index contributed by atoms with van der Waals surface area (Å²) in [5.74, 6) is 0.304. The van der Waals surface area contributed by atoms with Gasteiger partial charge in [0, 0.05) is 5.92 Å². The molecule has 3 N–H and O–H groups in total. The number of hydrogen-bond acceptors (Lipinski definition) is 6. The second-order valence-electron chi connectivity index (χ2n) is 7.30. The Bertz CT molecular complexity index is 796. The van der Waals surface area contributed by atoms with E-state index in [-0.39, 0.29) is 41.4 Å². The summed E-state index contributed by atoms with van der Waals surface area (Å²) < 4.78 is 14.4. The smallest absolute Gasteiger partial charge is 0.280 e. The van der Waals surface area contributed by atoms with Gasteiger partial charge in [-0.2, -0.15) is 4.98 Å². The quantitative estimate of drug-likeness (QED) is 0.814. The van der Waals surface area contributed by atoms with Crippen LogP contribution in [0.5, 0.6) is 0 Å². The first-order valence-electron chi connectivity index (χ1n) is 8.27. The Kier molecular flexibility index (Phi) is 4.26. The predicted octanol–water partition coefficient (Wildman–Crippen LogP) is 1.87. The van der Waals surface area contributed by atoms with Gasteiger partial charge in [0.1, 0.15) is 0 Å². The molecular weight excluding hydrogens is 326 g/mol. The van der Waals surface area contributed by atoms with Crippen LogP contribution in [-0.4, -0.2) is 40.0 Å². The zero-order valence-corrected chi connectivity index (χ0v) is 15.7. The fourth-order valence-electron chi connectivity index (χ4n) is 3.25. The van der Waals surface area contributed by atoms with Gasteiger partial charge in [-0.15, -0.1) is 0 Å². The third-order valence-corrected chi connectivity index (χ3v) is 5.30. The Morgan fingerprint density at radius 1 is 1.46 bits per heavy atom. The zero-order valence-electron chi connectivity index (χ0n) is 14.7. The van der Waals surface area contributed by atoms with Crippen molar-refractivity contribution in [2.24, 2.45) is 5.92 Å². The van der Waals surface area contributed by atoms with E-state index in [0.717, 1.165) is 6.42 Å². The number of anilines is 1. The third kappa shape index (κ3) is 2.98. The number of nitrogens with two attached hydrogens (primary N) is 1. The van der Waals surface area contributed by atoms with Gasteiger partial charge in [-0.3, -0.25) is 14.3 Å². The highest BCUT2D eigenvalue weighted by molar-refractivity contribution is 6.69. The summed E-state index contributed by atoms with van der Waals surface area (Å²) >= 11 is 0. The van der Waals surface area contributed by atoms with Crippen LogP contribution in [0.15, 0.2) is 11.1 Å². The molecule has 1 aliphatic rings. The number of hydrogen-bond donors (Lipinski definition) is 2. The van der Waals surface area contributed by atoms with E-state index in [1.165, 1.54) is 0 Å². The SMILES string of the molecule is CC[C@H]1O[C@@H](n2cnc3c(=O)[nH]c(N)nc32)C(O[Si](C)(C)C)[C@H]1C. The minimum absolute atomic E-state index is 0.0648. The van der Waals surface area contributed by atoms with E-state index in [1.54, 1.807) is 10.9 Å². The van der Waals surface area contributed by atoms with Crippen LogP contribution >= 0.6 is 0 Å². The molecule has 9 heteroatoms. The highest BCUT2D eigenvalue weighted by Gasteiger charge is 2.45. The van der Waals surface area contributed by atoms with Crippen molar-refractivity contribution < 1.29 is 9.16 Å². The molecule has 0 aliphatic carbocycles. The second-order valence-corrected chi connectivity index (χ2v) is 11.8. The van der Waals surface area contributed by atoms with Crippen LogP contribution in [0, 0.1) is 5.92 Å². The molecule has 1 aliphatic heterocycles. The number of aromatic nitrogens is 4. The van der Waals surface area contributed by atoms with E-state index >= 15 is 0 Å². The average Bonchev–Trinajstić information content (AvgIpc) is 3.00. The fourth-order valence-corrected chi connectivity index (χ4v) is 4.39. The maximum Gasteiger partial charge on any atom is 0.280 e. The minimum atomic E-state index is -1.78. The molecule has 0 saturated carbocycles. The summed E-state index contributed by atoms with van der Waals surface area (Å²) in [4.78, 5) is 22.9. The van der Waals surface area contributed by atoms with Crippen LogP contribution in [0.1, 0.15) is 26.5 Å². The number of ether oxygens (including phenoxy) is 1. The van der Waals surface area contributed by atoms with E-state index in [0.29, 0.717) is 5.65 Å². The van der Waals surface area contributed by atoms with E-state index < -0.39 is 8.32 Å². The molecule has 2 aromatic rings. The lowest BCUT2D eigenvalue weighted by Gasteiger charge is -2.29. The van der Waals surface area contributed by atoms with Gasteiger partial charge in [-0.05, 0) is 26.1 Å². The second kappa shape index (κ2) is 5.98. The maximum absolute atomic E-state index is 12.0. The summed E-state index contributed by atoms with van der Waals surface area (Å²) in [6.45, 7) is 10.7. The van der Waals surface area contributed by atoms with Gasteiger partial charge in [-0.25, -0.2) is 4.98 Å². The molecule has 4 atom stereocenters. The molecule has 2 aromatic heterocycles. The molecular formula is C15H25N5O3Si. The lowest BCUT2D eigenvalue weighted by atomic mass is 9.99. The Balaban J connectivity index is 2.07. The van der Waals surface area contributed by atoms with Crippen molar-refractivity contribution in [2.45, 2.75) is 58.3 Å². The first kappa shape index (κ1) is 17.1. The van der Waals surface area contributed by atoms with E-state index in [1.807, 2.05) is 0 Å². The number of nitrogen functional groups attached to an aromatic ring is 1. The molecule has 1 unspecified atom stereocenters. The van der Waals surface area contributed by atoms with Gasteiger partial charge in [0.05, 0.1) is 18.5 Å². The molecule has 3 rings (SSSR count). The lowest BCUT2D eigenvalue weighted by Crippen LogP contribution is -2.38. The van der Waals surface area contributed by atoms with Crippen molar-refractivity contribution in [3.63, 3.8) is 0 Å². The Morgan fingerprint density at radius 3 is 2.79 bits per heavy atom. The highest BCUT2D eigenvalue weighted by atomic mass is 28.4. The summed E-state index contributed by atoms with van der Waals surface area (Å²) in [6.07, 6.45) is 2.10. The number of imidazole rings is 1. The fraction of sp³-hybridized carbons (Fsp3) is 0.667. The predicted molar refractivity (Wildman–Crippen MR) is 94.1 cm³/mol. The molecule has 0 amide bonds. The summed E-state index contributed by atoms with van der Waals surface area (Å²) in [5, 5.41) is 0. The van der Waals surface area contributed by atoms with Gasteiger partial charge in [0.25, 0.3) is 5.56 Å². The molecule has 0 spiro atoms. The number of rotatable bonds is 4. The Labute approximate surface area is 141 Å². The van der Waals surface area contributed by atoms with Crippen LogP contribution in [0.3, 0.4) is 0 Å². The normalized spacial score (nSPS) is 27.9. The topological polar surface area (TPSA) is 108 Å². The van der Waals surface area contributed by atoms with Gasteiger partial charge in [0.2, 0.25) is 5.95 Å². The van der Waals surface area contributed by atoms with Crippen molar-refractivity contribution >= 4 is 25.4 Å². The Morgan fingerprint density at radius 2 is 2.17 bits per heavy atom. The first-order chi connectivity index (χ1) is 11.2. The zero-order chi connectivity index (χ0) is 17.6. The number of H-pyrrole nitrogens is 1. The van der Waals surface area contributed by atoms with E-state index in [9.17, 15) is 4.79 Å². The van der Waals surface area contributed by atoms with Crippen LogP contribution in [0.4, 0.5) is 5.95 Å². The van der Waals surface area contributed by atoms with Gasteiger partial charge in [0.15, 0.2) is 25.7 Å². The summed E-state index contributed by atoms with van der Waals surface area (Å²) in [5.41, 5.74) is 6.03. The molecule has 3 heterocycles. The van der Waals surface area contributed by atoms with Gasteiger partial charge < -0.3 is 14.9 Å². The summed E-state index contributed by atoms with van der Waals surface area (Å²) in [7, 11) is -1.78. The molecule has 0 radical (unpaired) electrons. The third-order valence-electron chi connectivity index (χ3n) is 4.32. The standard InChI is InChI=1S/C15H25N5O3Si/c1-6-9-8(2)11(23-24(3,4)5)14(22-9)20-7-17-10-12(20)18-15(16)19-13(10)21/h7-9,11,14H,6H2,1-5H3,(H3,16,18,19,21)/t8-,9+,11?,14+/m0/s1. The minimum Gasteiger partial charge on any atom is -0.410 e.